The normalized spacial score (nSPS) is 29.4. The van der Waals surface area contributed by atoms with Gasteiger partial charge < -0.3 is 4.74 Å². The van der Waals surface area contributed by atoms with Gasteiger partial charge in [0.05, 0.1) is 18.4 Å². The topological polar surface area (TPSA) is 34.5 Å². The SMILES string of the molecule is CC1Cc2sc(C3N=CCS3)nc2CO1. The van der Waals surface area contributed by atoms with E-state index in [-0.39, 0.29) is 5.37 Å². The van der Waals surface area contributed by atoms with E-state index in [4.69, 9.17) is 4.74 Å². The van der Waals surface area contributed by atoms with Gasteiger partial charge in [-0.3, -0.25) is 4.99 Å². The molecule has 1 aromatic rings. The summed E-state index contributed by atoms with van der Waals surface area (Å²) in [5.74, 6) is 1.02. The van der Waals surface area contributed by atoms with Gasteiger partial charge in [0, 0.05) is 23.3 Å². The first-order valence-electron chi connectivity index (χ1n) is 5.06. The Balaban J connectivity index is 1.89. The Labute approximate surface area is 97.0 Å². The maximum Gasteiger partial charge on any atom is 0.147 e. The summed E-state index contributed by atoms with van der Waals surface area (Å²) in [5.41, 5.74) is 1.14. The molecule has 3 nitrogen and oxygen atoms in total. The largest absolute Gasteiger partial charge is 0.372 e. The molecule has 80 valence electrons. The molecule has 2 aliphatic heterocycles. The van der Waals surface area contributed by atoms with Crippen LogP contribution in [0.15, 0.2) is 4.99 Å². The van der Waals surface area contributed by atoms with Crippen molar-refractivity contribution in [3.05, 3.63) is 15.6 Å². The summed E-state index contributed by atoms with van der Waals surface area (Å²) < 4.78 is 5.58. The number of aromatic nitrogens is 1. The standard InChI is InChI=1S/C10H12N2OS2/c1-6-4-8-7(5-13-6)12-10(15-8)9-11-2-3-14-9/h2,6,9H,3-5H2,1H3. The highest BCUT2D eigenvalue weighted by Gasteiger charge is 2.24. The molecule has 2 unspecified atom stereocenters. The van der Waals surface area contributed by atoms with Crippen LogP contribution in [-0.4, -0.2) is 23.1 Å². The third-order valence-corrected chi connectivity index (χ3v) is 4.88. The van der Waals surface area contributed by atoms with Crippen LogP contribution in [0.1, 0.15) is 27.9 Å². The molecular formula is C10H12N2OS2. The predicted molar refractivity (Wildman–Crippen MR) is 63.8 cm³/mol. The number of nitrogens with zero attached hydrogens (tertiary/aromatic N) is 2. The van der Waals surface area contributed by atoms with E-state index in [1.807, 2.05) is 29.3 Å². The van der Waals surface area contributed by atoms with Crippen molar-refractivity contribution in [3.8, 4) is 0 Å². The van der Waals surface area contributed by atoms with Gasteiger partial charge in [-0.05, 0) is 6.92 Å². The van der Waals surface area contributed by atoms with E-state index in [2.05, 4.69) is 16.9 Å². The minimum Gasteiger partial charge on any atom is -0.372 e. The molecule has 3 heterocycles. The van der Waals surface area contributed by atoms with Crippen LogP contribution in [0.3, 0.4) is 0 Å². The van der Waals surface area contributed by atoms with E-state index in [1.165, 1.54) is 4.88 Å². The number of ether oxygens (including phenoxy) is 1. The smallest absolute Gasteiger partial charge is 0.147 e. The van der Waals surface area contributed by atoms with Crippen molar-refractivity contribution in [2.75, 3.05) is 5.75 Å². The number of rotatable bonds is 1. The van der Waals surface area contributed by atoms with Crippen molar-refractivity contribution in [2.24, 2.45) is 4.99 Å². The fourth-order valence-corrected chi connectivity index (χ4v) is 3.95. The van der Waals surface area contributed by atoms with Gasteiger partial charge in [0.15, 0.2) is 0 Å². The van der Waals surface area contributed by atoms with Crippen LogP contribution in [0.4, 0.5) is 0 Å². The monoisotopic (exact) mass is 240 g/mol. The Morgan fingerprint density at radius 1 is 1.53 bits per heavy atom. The number of hydrogen-bond acceptors (Lipinski definition) is 5. The molecule has 1 aromatic heterocycles. The molecule has 2 atom stereocenters. The zero-order valence-electron chi connectivity index (χ0n) is 8.47. The predicted octanol–water partition coefficient (Wildman–Crippen LogP) is 2.42. The lowest BCUT2D eigenvalue weighted by Crippen LogP contribution is -2.17. The molecule has 0 radical (unpaired) electrons. The fraction of sp³-hybridized carbons (Fsp3) is 0.600. The number of aliphatic imine (C=N–C) groups is 1. The summed E-state index contributed by atoms with van der Waals surface area (Å²) in [6, 6.07) is 0. The highest BCUT2D eigenvalue weighted by molar-refractivity contribution is 8.00. The van der Waals surface area contributed by atoms with Crippen LogP contribution in [0.5, 0.6) is 0 Å². The summed E-state index contributed by atoms with van der Waals surface area (Å²) >= 11 is 3.66. The first-order valence-corrected chi connectivity index (χ1v) is 6.93. The van der Waals surface area contributed by atoms with Gasteiger partial charge in [0.25, 0.3) is 0 Å². The molecule has 15 heavy (non-hydrogen) atoms. The van der Waals surface area contributed by atoms with Crippen LogP contribution in [0.2, 0.25) is 0 Å². The Kier molecular flexibility index (Phi) is 2.54. The van der Waals surface area contributed by atoms with E-state index in [1.54, 1.807) is 0 Å². The van der Waals surface area contributed by atoms with Crippen molar-refractivity contribution < 1.29 is 4.74 Å². The maximum absolute atomic E-state index is 5.58. The Bertz CT molecular complexity index is 402. The number of hydrogen-bond donors (Lipinski definition) is 0. The van der Waals surface area contributed by atoms with Crippen molar-refractivity contribution in [2.45, 2.75) is 31.4 Å². The summed E-state index contributed by atoms with van der Waals surface area (Å²) in [6.07, 6.45) is 3.33. The van der Waals surface area contributed by atoms with Gasteiger partial charge in [-0.2, -0.15) is 0 Å². The molecule has 2 aliphatic rings. The first kappa shape index (κ1) is 9.81. The molecule has 0 saturated heterocycles. The average molecular weight is 240 g/mol. The second-order valence-corrected chi connectivity index (χ2v) is 5.99. The van der Waals surface area contributed by atoms with Gasteiger partial charge in [-0.1, -0.05) is 0 Å². The van der Waals surface area contributed by atoms with Crippen molar-refractivity contribution in [1.29, 1.82) is 0 Å². The number of thiazole rings is 1. The molecule has 0 aliphatic carbocycles. The highest BCUT2D eigenvalue weighted by Crippen LogP contribution is 2.38. The molecule has 0 fully saturated rings. The molecular weight excluding hydrogens is 228 g/mol. The van der Waals surface area contributed by atoms with Crippen molar-refractivity contribution >= 4 is 29.3 Å². The van der Waals surface area contributed by atoms with Crippen LogP contribution < -0.4 is 0 Å². The number of fused-ring (bicyclic) bond motifs is 1. The summed E-state index contributed by atoms with van der Waals surface area (Å²) in [4.78, 5) is 10.4. The third kappa shape index (κ3) is 1.84. The van der Waals surface area contributed by atoms with Crippen LogP contribution in [-0.2, 0) is 17.8 Å². The van der Waals surface area contributed by atoms with Crippen molar-refractivity contribution in [1.82, 2.24) is 4.98 Å². The maximum atomic E-state index is 5.58. The molecule has 0 saturated carbocycles. The molecule has 5 heteroatoms. The highest BCUT2D eigenvalue weighted by atomic mass is 32.2. The molecule has 0 spiro atoms. The lowest BCUT2D eigenvalue weighted by molar-refractivity contribution is 0.0400. The average Bonchev–Trinajstić information content (AvgIpc) is 2.84. The zero-order valence-corrected chi connectivity index (χ0v) is 10.1. The quantitative estimate of drug-likeness (QED) is 0.756. The lowest BCUT2D eigenvalue weighted by atomic mass is 10.2. The zero-order chi connectivity index (χ0) is 10.3. The van der Waals surface area contributed by atoms with E-state index >= 15 is 0 Å². The van der Waals surface area contributed by atoms with E-state index in [0.29, 0.717) is 12.7 Å². The Hall–Kier alpha value is -0.390. The second-order valence-electron chi connectivity index (χ2n) is 3.77. The molecule has 0 aromatic carbocycles. The molecule has 3 rings (SSSR count). The van der Waals surface area contributed by atoms with Gasteiger partial charge in [-0.25, -0.2) is 4.98 Å². The van der Waals surface area contributed by atoms with Crippen LogP contribution in [0, 0.1) is 0 Å². The lowest BCUT2D eigenvalue weighted by Gasteiger charge is -2.17. The first-order chi connectivity index (χ1) is 7.33. The minimum atomic E-state index is 0.246. The van der Waals surface area contributed by atoms with Crippen molar-refractivity contribution in [3.63, 3.8) is 0 Å². The Morgan fingerprint density at radius 2 is 2.47 bits per heavy atom. The van der Waals surface area contributed by atoms with Gasteiger partial charge in [0.1, 0.15) is 10.4 Å². The summed E-state index contributed by atoms with van der Waals surface area (Å²) in [7, 11) is 0. The fourth-order valence-electron chi connectivity index (χ4n) is 1.77. The number of thioether (sulfide) groups is 1. The third-order valence-electron chi connectivity index (χ3n) is 2.55. The van der Waals surface area contributed by atoms with Crippen LogP contribution >= 0.6 is 23.1 Å². The minimum absolute atomic E-state index is 0.246. The molecule has 0 N–H and O–H groups in total. The summed E-state index contributed by atoms with van der Waals surface area (Å²) in [5, 5.41) is 1.40. The van der Waals surface area contributed by atoms with Gasteiger partial charge in [-0.15, -0.1) is 23.1 Å². The summed E-state index contributed by atoms with van der Waals surface area (Å²) in [6.45, 7) is 2.79. The molecule has 0 amide bonds. The van der Waals surface area contributed by atoms with E-state index in [0.717, 1.165) is 22.9 Å². The van der Waals surface area contributed by atoms with Crippen LogP contribution in [0.25, 0.3) is 0 Å². The van der Waals surface area contributed by atoms with Gasteiger partial charge >= 0.3 is 0 Å². The second kappa shape index (κ2) is 3.88. The van der Waals surface area contributed by atoms with E-state index in [9.17, 15) is 0 Å². The van der Waals surface area contributed by atoms with Gasteiger partial charge in [0.2, 0.25) is 0 Å². The Morgan fingerprint density at radius 3 is 3.27 bits per heavy atom. The molecule has 0 bridgehead atoms. The van der Waals surface area contributed by atoms with E-state index < -0.39 is 0 Å².